The average Bonchev–Trinajstić information content (AvgIpc) is 2.90. The second-order valence-corrected chi connectivity index (χ2v) is 3.68. The van der Waals surface area contributed by atoms with Gasteiger partial charge >= 0.3 is 0 Å². The molecule has 0 atom stereocenters. The van der Waals surface area contributed by atoms with Crippen molar-refractivity contribution in [2.45, 2.75) is 13.5 Å². The molecule has 2 aromatic heterocycles. The van der Waals surface area contributed by atoms with Crippen molar-refractivity contribution in [3.8, 4) is 0 Å². The number of amides is 1. The Morgan fingerprint density at radius 3 is 3.00 bits per heavy atom. The Balaban J connectivity index is 2.01. The van der Waals surface area contributed by atoms with E-state index < -0.39 is 0 Å². The van der Waals surface area contributed by atoms with E-state index in [9.17, 15) is 4.79 Å². The number of aromatic nitrogens is 3. The van der Waals surface area contributed by atoms with Crippen LogP contribution in [0.5, 0.6) is 0 Å². The molecule has 0 aliphatic heterocycles. The maximum atomic E-state index is 11.6. The lowest BCUT2D eigenvalue weighted by Gasteiger charge is -2.06. The number of aromatic amines is 1. The van der Waals surface area contributed by atoms with Gasteiger partial charge in [-0.25, -0.2) is 4.98 Å². The monoisotopic (exact) mass is 245 g/mol. The molecule has 0 saturated carbocycles. The van der Waals surface area contributed by atoms with Crippen molar-refractivity contribution in [1.82, 2.24) is 20.3 Å². The van der Waals surface area contributed by atoms with Crippen LogP contribution in [-0.2, 0) is 6.54 Å². The van der Waals surface area contributed by atoms with Gasteiger partial charge < -0.3 is 15.6 Å². The van der Waals surface area contributed by atoms with Crippen LogP contribution in [-0.4, -0.2) is 27.4 Å². The quantitative estimate of drug-likeness (QED) is 0.738. The lowest BCUT2D eigenvalue weighted by atomic mass is 10.3. The summed E-state index contributed by atoms with van der Waals surface area (Å²) in [6, 6.07) is 3.53. The highest BCUT2D eigenvalue weighted by atomic mass is 16.1. The number of anilines is 1. The first-order valence-electron chi connectivity index (χ1n) is 5.76. The number of nitrogens with one attached hydrogen (secondary N) is 3. The van der Waals surface area contributed by atoms with E-state index in [1.165, 1.54) is 0 Å². The van der Waals surface area contributed by atoms with Gasteiger partial charge in [0, 0.05) is 30.8 Å². The minimum atomic E-state index is -0.167. The van der Waals surface area contributed by atoms with Crippen LogP contribution in [0.1, 0.15) is 23.2 Å². The topological polar surface area (TPSA) is 82.7 Å². The lowest BCUT2D eigenvalue weighted by Crippen LogP contribution is -2.23. The summed E-state index contributed by atoms with van der Waals surface area (Å²) in [5.41, 5.74) is 1.24. The molecule has 18 heavy (non-hydrogen) atoms. The van der Waals surface area contributed by atoms with Crippen molar-refractivity contribution >= 4 is 11.6 Å². The molecule has 0 fully saturated rings. The molecule has 1 amide bonds. The van der Waals surface area contributed by atoms with E-state index >= 15 is 0 Å². The number of H-pyrrole nitrogens is 1. The van der Waals surface area contributed by atoms with Crippen molar-refractivity contribution in [3.05, 3.63) is 42.2 Å². The first-order chi connectivity index (χ1) is 8.79. The van der Waals surface area contributed by atoms with Gasteiger partial charge in [0.15, 0.2) is 0 Å². The fraction of sp³-hybridized carbons (Fsp3) is 0.250. The van der Waals surface area contributed by atoms with Gasteiger partial charge in [0.1, 0.15) is 11.5 Å². The molecular weight excluding hydrogens is 230 g/mol. The zero-order valence-electron chi connectivity index (χ0n) is 10.1. The minimum absolute atomic E-state index is 0.167. The van der Waals surface area contributed by atoms with Gasteiger partial charge in [-0.3, -0.25) is 9.78 Å². The van der Waals surface area contributed by atoms with Crippen molar-refractivity contribution in [2.24, 2.45) is 0 Å². The lowest BCUT2D eigenvalue weighted by molar-refractivity contribution is 0.0951. The van der Waals surface area contributed by atoms with Crippen LogP contribution in [0, 0.1) is 0 Å². The summed E-state index contributed by atoms with van der Waals surface area (Å²) in [5.74, 6) is 0.672. The van der Waals surface area contributed by atoms with Gasteiger partial charge in [-0.1, -0.05) is 0 Å². The molecule has 6 nitrogen and oxygen atoms in total. The summed E-state index contributed by atoms with van der Waals surface area (Å²) < 4.78 is 0. The molecule has 3 N–H and O–H groups in total. The van der Waals surface area contributed by atoms with E-state index in [1.807, 2.05) is 13.0 Å². The van der Waals surface area contributed by atoms with Crippen LogP contribution in [0.25, 0.3) is 0 Å². The summed E-state index contributed by atoms with van der Waals surface area (Å²) in [4.78, 5) is 22.7. The van der Waals surface area contributed by atoms with E-state index in [2.05, 4.69) is 25.6 Å². The zero-order chi connectivity index (χ0) is 12.8. The molecule has 0 bridgehead atoms. The van der Waals surface area contributed by atoms with Gasteiger partial charge in [-0.15, -0.1) is 0 Å². The Morgan fingerprint density at radius 2 is 2.28 bits per heavy atom. The van der Waals surface area contributed by atoms with Crippen molar-refractivity contribution < 1.29 is 4.79 Å². The van der Waals surface area contributed by atoms with Gasteiger partial charge in [-0.2, -0.15) is 0 Å². The minimum Gasteiger partial charge on any atom is -0.378 e. The third-order valence-electron chi connectivity index (χ3n) is 2.34. The maximum absolute atomic E-state index is 11.6. The summed E-state index contributed by atoms with van der Waals surface area (Å²) in [6.07, 6.45) is 5.07. The highest BCUT2D eigenvalue weighted by Crippen LogP contribution is 2.08. The van der Waals surface area contributed by atoms with Crippen molar-refractivity contribution in [2.75, 3.05) is 11.9 Å². The molecule has 2 rings (SSSR count). The Kier molecular flexibility index (Phi) is 3.90. The zero-order valence-corrected chi connectivity index (χ0v) is 10.1. The molecule has 0 aliphatic rings. The first-order valence-corrected chi connectivity index (χ1v) is 5.76. The molecule has 6 heteroatoms. The van der Waals surface area contributed by atoms with Crippen LogP contribution in [0.3, 0.4) is 0 Å². The summed E-state index contributed by atoms with van der Waals surface area (Å²) >= 11 is 0. The van der Waals surface area contributed by atoms with E-state index in [0.29, 0.717) is 18.8 Å². The number of hydrogen-bond donors (Lipinski definition) is 3. The number of rotatable bonds is 5. The van der Waals surface area contributed by atoms with E-state index in [0.717, 1.165) is 11.5 Å². The Bertz CT molecular complexity index is 509. The molecule has 0 unspecified atom stereocenters. The van der Waals surface area contributed by atoms with Crippen LogP contribution in [0.15, 0.2) is 30.7 Å². The molecular formula is C12H15N5O. The number of pyridine rings is 1. The molecule has 2 heterocycles. The number of carbonyl (C=O) groups excluding carboxylic acids is 1. The second-order valence-electron chi connectivity index (χ2n) is 3.68. The first kappa shape index (κ1) is 12.1. The van der Waals surface area contributed by atoms with Gasteiger partial charge in [-0.05, 0) is 19.1 Å². The molecule has 2 aromatic rings. The van der Waals surface area contributed by atoms with Crippen LogP contribution >= 0.6 is 0 Å². The third kappa shape index (κ3) is 3.07. The van der Waals surface area contributed by atoms with Crippen LogP contribution in [0.4, 0.5) is 5.69 Å². The number of carbonyl (C=O) groups is 1. The molecule has 0 aromatic carbocycles. The highest BCUT2D eigenvalue weighted by Gasteiger charge is 2.06. The molecule has 0 spiro atoms. The predicted octanol–water partition coefficient (Wildman–Crippen LogP) is 1.17. The number of imidazole rings is 1. The predicted molar refractivity (Wildman–Crippen MR) is 68.2 cm³/mol. The Morgan fingerprint density at radius 1 is 1.39 bits per heavy atom. The van der Waals surface area contributed by atoms with Gasteiger partial charge in [0.05, 0.1) is 6.54 Å². The fourth-order valence-electron chi connectivity index (χ4n) is 1.50. The second kappa shape index (κ2) is 5.81. The third-order valence-corrected chi connectivity index (χ3v) is 2.34. The van der Waals surface area contributed by atoms with E-state index in [4.69, 9.17) is 0 Å². The average molecular weight is 245 g/mol. The normalized spacial score (nSPS) is 10.1. The molecule has 0 aliphatic carbocycles. The molecule has 94 valence electrons. The fourth-order valence-corrected chi connectivity index (χ4v) is 1.50. The maximum Gasteiger partial charge on any atom is 0.269 e. The van der Waals surface area contributed by atoms with Gasteiger partial charge in [0.25, 0.3) is 5.91 Å². The van der Waals surface area contributed by atoms with E-state index in [-0.39, 0.29) is 5.91 Å². The standard InChI is InChI=1S/C12H15N5O/c1-2-13-12(18)10-7-9(3-4-14-10)17-8-11-15-5-6-16-11/h3-7H,2,8H2,1H3,(H,13,18)(H,14,17)(H,15,16). The largest absolute Gasteiger partial charge is 0.378 e. The van der Waals surface area contributed by atoms with Crippen LogP contribution < -0.4 is 10.6 Å². The summed E-state index contributed by atoms with van der Waals surface area (Å²) in [5, 5.41) is 5.88. The van der Waals surface area contributed by atoms with Crippen LogP contribution in [0.2, 0.25) is 0 Å². The van der Waals surface area contributed by atoms with Crippen molar-refractivity contribution in [1.29, 1.82) is 0 Å². The summed E-state index contributed by atoms with van der Waals surface area (Å²) in [7, 11) is 0. The molecule has 0 saturated heterocycles. The van der Waals surface area contributed by atoms with Gasteiger partial charge in [0.2, 0.25) is 0 Å². The smallest absolute Gasteiger partial charge is 0.269 e. The SMILES string of the molecule is CCNC(=O)c1cc(NCc2ncc[nH]2)ccn1. The number of nitrogens with zero attached hydrogens (tertiary/aromatic N) is 2. The number of hydrogen-bond acceptors (Lipinski definition) is 4. The Hall–Kier alpha value is -2.37. The molecule has 0 radical (unpaired) electrons. The highest BCUT2D eigenvalue weighted by molar-refractivity contribution is 5.93. The summed E-state index contributed by atoms with van der Waals surface area (Å²) in [6.45, 7) is 3.04. The Labute approximate surface area is 105 Å². The van der Waals surface area contributed by atoms with E-state index in [1.54, 1.807) is 24.7 Å². The van der Waals surface area contributed by atoms with Crippen molar-refractivity contribution in [3.63, 3.8) is 0 Å².